The molecular weight excluding hydrogens is 318 g/mol. The minimum absolute atomic E-state index is 0.547. The quantitative estimate of drug-likeness (QED) is 0.607. The summed E-state index contributed by atoms with van der Waals surface area (Å²) in [6.07, 6.45) is 0. The lowest BCUT2D eigenvalue weighted by Crippen LogP contribution is -2.42. The predicted molar refractivity (Wildman–Crippen MR) is 112 cm³/mol. The highest BCUT2D eigenvalue weighted by atomic mass is 28.3. The van der Waals surface area contributed by atoms with Crippen molar-refractivity contribution in [3.05, 3.63) is 90.5 Å². The van der Waals surface area contributed by atoms with Crippen molar-refractivity contribution in [1.82, 2.24) is 0 Å². The highest BCUT2D eigenvalue weighted by molar-refractivity contribution is 6.85. The van der Waals surface area contributed by atoms with E-state index in [-0.39, 0.29) is 0 Å². The van der Waals surface area contributed by atoms with Crippen LogP contribution in [0, 0.1) is 0 Å². The molecule has 3 aromatic rings. The van der Waals surface area contributed by atoms with E-state index in [4.69, 9.17) is 0 Å². The molecule has 1 atom stereocenters. The zero-order chi connectivity index (χ0) is 17.6. The molecule has 0 unspecified atom stereocenters. The highest BCUT2D eigenvalue weighted by Gasteiger charge is 2.20. The Morgan fingerprint density at radius 3 is 1.64 bits per heavy atom. The third-order valence-corrected chi connectivity index (χ3v) is 7.81. The lowest BCUT2D eigenvalue weighted by molar-refractivity contribution is 0.856. The average Bonchev–Trinajstić information content (AvgIpc) is 2.67. The van der Waals surface area contributed by atoms with Crippen LogP contribution in [0.2, 0.25) is 6.04 Å². The summed E-state index contributed by atoms with van der Waals surface area (Å²) in [7, 11) is 3.39. The van der Waals surface area contributed by atoms with Crippen molar-refractivity contribution in [1.29, 1.82) is 0 Å². The van der Waals surface area contributed by atoms with Gasteiger partial charge in [0, 0.05) is 19.8 Å². The Bertz CT molecular complexity index is 727. The second-order valence-corrected chi connectivity index (χ2v) is 9.32. The first-order valence-electron chi connectivity index (χ1n) is 8.89. The van der Waals surface area contributed by atoms with Gasteiger partial charge in [-0.25, -0.2) is 0 Å². The van der Waals surface area contributed by atoms with Gasteiger partial charge in [0.25, 0.3) is 0 Å². The minimum Gasteiger partial charge on any atom is -0.378 e. The SMILES string of the molecule is C[C@H](C[Si](c1ccccc1)c1ccccc1)c1ccc(N(C)C)cc1. The van der Waals surface area contributed by atoms with Gasteiger partial charge in [-0.05, 0) is 29.7 Å². The molecule has 25 heavy (non-hydrogen) atoms. The van der Waals surface area contributed by atoms with Crippen molar-refractivity contribution >= 4 is 24.9 Å². The fraction of sp³-hybridized carbons (Fsp3) is 0.217. The van der Waals surface area contributed by atoms with Crippen LogP contribution in [0.15, 0.2) is 84.9 Å². The van der Waals surface area contributed by atoms with Crippen LogP contribution in [0.25, 0.3) is 0 Å². The number of benzene rings is 3. The molecule has 3 aromatic carbocycles. The van der Waals surface area contributed by atoms with E-state index in [9.17, 15) is 0 Å². The molecule has 0 amide bonds. The highest BCUT2D eigenvalue weighted by Crippen LogP contribution is 2.23. The Kier molecular flexibility index (Phi) is 5.72. The third kappa shape index (κ3) is 4.40. The van der Waals surface area contributed by atoms with Crippen LogP contribution in [-0.2, 0) is 0 Å². The van der Waals surface area contributed by atoms with E-state index in [1.807, 2.05) is 0 Å². The molecule has 127 valence electrons. The van der Waals surface area contributed by atoms with Gasteiger partial charge in [-0.3, -0.25) is 0 Å². The molecule has 0 N–H and O–H groups in total. The lowest BCUT2D eigenvalue weighted by Gasteiger charge is -2.21. The molecule has 0 bridgehead atoms. The van der Waals surface area contributed by atoms with Crippen molar-refractivity contribution in [2.75, 3.05) is 19.0 Å². The largest absolute Gasteiger partial charge is 0.378 e. The Morgan fingerprint density at radius 1 is 0.720 bits per heavy atom. The van der Waals surface area contributed by atoms with Crippen LogP contribution in [0.3, 0.4) is 0 Å². The van der Waals surface area contributed by atoms with Crippen LogP contribution in [0.5, 0.6) is 0 Å². The molecule has 0 aliphatic rings. The Labute approximate surface area is 153 Å². The normalized spacial score (nSPS) is 12.2. The first kappa shape index (κ1) is 17.5. The van der Waals surface area contributed by atoms with Crippen LogP contribution in [0.4, 0.5) is 5.69 Å². The van der Waals surface area contributed by atoms with Crippen LogP contribution < -0.4 is 15.3 Å². The number of nitrogens with zero attached hydrogens (tertiary/aromatic N) is 1. The molecule has 0 spiro atoms. The van der Waals surface area contributed by atoms with Gasteiger partial charge < -0.3 is 4.90 Å². The zero-order valence-corrected chi connectivity index (χ0v) is 16.3. The van der Waals surface area contributed by atoms with E-state index < -0.39 is 8.80 Å². The van der Waals surface area contributed by atoms with Crippen molar-refractivity contribution < 1.29 is 0 Å². The summed E-state index contributed by atoms with van der Waals surface area (Å²) in [5.74, 6) is 0.547. The molecular formula is C23H26NSi. The topological polar surface area (TPSA) is 3.24 Å². The Hall–Kier alpha value is -2.32. The molecule has 0 aromatic heterocycles. The van der Waals surface area contributed by atoms with Gasteiger partial charge in [0.05, 0.1) is 0 Å². The first-order valence-corrected chi connectivity index (χ1v) is 10.6. The third-order valence-electron chi connectivity index (χ3n) is 4.73. The van der Waals surface area contributed by atoms with Crippen LogP contribution >= 0.6 is 0 Å². The number of hydrogen-bond donors (Lipinski definition) is 0. The molecule has 1 nitrogen and oxygen atoms in total. The van der Waals surface area contributed by atoms with E-state index in [1.54, 1.807) is 0 Å². The molecule has 0 fully saturated rings. The molecule has 0 saturated carbocycles. The predicted octanol–water partition coefficient (Wildman–Crippen LogP) is 4.17. The van der Waals surface area contributed by atoms with Crippen LogP contribution in [0.1, 0.15) is 18.4 Å². The van der Waals surface area contributed by atoms with E-state index in [0.29, 0.717) is 5.92 Å². The van der Waals surface area contributed by atoms with E-state index in [0.717, 1.165) is 0 Å². The van der Waals surface area contributed by atoms with Crippen molar-refractivity contribution in [3.8, 4) is 0 Å². The van der Waals surface area contributed by atoms with Gasteiger partial charge in [0.15, 0.2) is 0 Å². The number of anilines is 1. The summed E-state index contributed by atoms with van der Waals surface area (Å²) in [6, 6.07) is 32.3. The Balaban J connectivity index is 1.85. The maximum absolute atomic E-state index is 2.36. The van der Waals surface area contributed by atoms with Crippen molar-refractivity contribution in [3.63, 3.8) is 0 Å². The lowest BCUT2D eigenvalue weighted by atomic mass is 10.0. The summed E-state index contributed by atoms with van der Waals surface area (Å²) in [6.45, 7) is 2.36. The fourth-order valence-electron chi connectivity index (χ4n) is 3.21. The van der Waals surface area contributed by atoms with Gasteiger partial charge in [-0.2, -0.15) is 0 Å². The standard InChI is InChI=1S/C23H26NSi/c1-19(20-14-16-21(17-15-20)24(2)3)18-25(22-10-6-4-7-11-22)23-12-8-5-9-13-23/h4-17,19H,18H2,1-3H3/t19-/m1/s1. The maximum atomic E-state index is 2.36. The van der Waals surface area contributed by atoms with Gasteiger partial charge in [0.1, 0.15) is 8.80 Å². The summed E-state index contributed by atoms with van der Waals surface area (Å²) in [4.78, 5) is 2.15. The molecule has 0 aliphatic heterocycles. The van der Waals surface area contributed by atoms with Gasteiger partial charge in [-0.1, -0.05) is 90.1 Å². The maximum Gasteiger partial charge on any atom is 0.122 e. The molecule has 2 heteroatoms. The first-order chi connectivity index (χ1) is 12.1. The van der Waals surface area contributed by atoms with E-state index in [1.165, 1.54) is 27.7 Å². The second-order valence-electron chi connectivity index (χ2n) is 6.80. The summed E-state index contributed by atoms with van der Waals surface area (Å²) in [5, 5.41) is 2.99. The summed E-state index contributed by atoms with van der Waals surface area (Å²) in [5.41, 5.74) is 2.69. The minimum atomic E-state index is -0.782. The molecule has 0 aliphatic carbocycles. The molecule has 3 rings (SSSR count). The number of rotatable bonds is 6. The average molecular weight is 345 g/mol. The Morgan fingerprint density at radius 2 is 1.20 bits per heavy atom. The van der Waals surface area contributed by atoms with E-state index in [2.05, 4.69) is 111 Å². The van der Waals surface area contributed by atoms with Gasteiger partial charge in [0.2, 0.25) is 0 Å². The van der Waals surface area contributed by atoms with Crippen LogP contribution in [-0.4, -0.2) is 22.9 Å². The van der Waals surface area contributed by atoms with E-state index >= 15 is 0 Å². The molecule has 1 radical (unpaired) electrons. The summed E-state index contributed by atoms with van der Waals surface area (Å²) >= 11 is 0. The fourth-order valence-corrected chi connectivity index (χ4v) is 6.05. The molecule has 0 saturated heterocycles. The molecule has 0 heterocycles. The van der Waals surface area contributed by atoms with Gasteiger partial charge in [-0.15, -0.1) is 0 Å². The van der Waals surface area contributed by atoms with Gasteiger partial charge >= 0.3 is 0 Å². The number of hydrogen-bond acceptors (Lipinski definition) is 1. The monoisotopic (exact) mass is 344 g/mol. The zero-order valence-electron chi connectivity index (χ0n) is 15.3. The van der Waals surface area contributed by atoms with Crippen molar-refractivity contribution in [2.24, 2.45) is 0 Å². The smallest absolute Gasteiger partial charge is 0.122 e. The second kappa shape index (κ2) is 8.17. The van der Waals surface area contributed by atoms with Crippen molar-refractivity contribution in [2.45, 2.75) is 18.9 Å². The summed E-state index contributed by atoms with van der Waals surface area (Å²) < 4.78 is 0.